The molecule has 0 spiro atoms. The number of aromatic nitrogens is 3. The van der Waals surface area contributed by atoms with Gasteiger partial charge in [-0.1, -0.05) is 19.9 Å². The zero-order valence-electron chi connectivity index (χ0n) is 20.1. The van der Waals surface area contributed by atoms with Gasteiger partial charge in [-0.05, 0) is 54.3 Å². The first-order chi connectivity index (χ1) is 17.3. The number of aliphatic imine (C=N–C) groups is 1. The van der Waals surface area contributed by atoms with Crippen LogP contribution in [0.15, 0.2) is 65.9 Å². The summed E-state index contributed by atoms with van der Waals surface area (Å²) in [6.07, 6.45) is -2.83. The largest absolute Gasteiger partial charge is 0.496 e. The summed E-state index contributed by atoms with van der Waals surface area (Å²) in [5.74, 6) is -1.12. The first-order valence-electron chi connectivity index (χ1n) is 11.1. The predicted molar refractivity (Wildman–Crippen MR) is 129 cm³/mol. The van der Waals surface area contributed by atoms with Crippen LogP contribution in [-0.4, -0.2) is 45.0 Å². The van der Waals surface area contributed by atoms with Gasteiger partial charge in [-0.2, -0.15) is 22.7 Å². The lowest BCUT2D eigenvalue weighted by atomic mass is 9.74. The van der Waals surface area contributed by atoms with Crippen molar-refractivity contribution < 1.29 is 31.8 Å². The summed E-state index contributed by atoms with van der Waals surface area (Å²) >= 11 is 0. The van der Waals surface area contributed by atoms with Crippen LogP contribution in [0.1, 0.15) is 25.8 Å². The molecule has 0 fully saturated rings. The van der Waals surface area contributed by atoms with Gasteiger partial charge < -0.3 is 9.84 Å². The van der Waals surface area contributed by atoms with Gasteiger partial charge in [0.05, 0.1) is 36.4 Å². The molecule has 1 unspecified atom stereocenters. The van der Waals surface area contributed by atoms with E-state index in [4.69, 9.17) is 4.74 Å². The van der Waals surface area contributed by atoms with Gasteiger partial charge in [0.1, 0.15) is 11.6 Å². The maximum atomic E-state index is 14.2. The Morgan fingerprint density at radius 3 is 2.46 bits per heavy atom. The van der Waals surface area contributed by atoms with Crippen molar-refractivity contribution in [2.75, 3.05) is 7.11 Å². The van der Waals surface area contributed by atoms with Crippen LogP contribution in [0.3, 0.4) is 0 Å². The molecule has 0 amide bonds. The van der Waals surface area contributed by atoms with Crippen LogP contribution in [0.25, 0.3) is 16.6 Å². The number of halogens is 5. The standard InChI is InChI=1S/C26H23F5N4O2/c1-24(2,19-11-16(27)7-9-22(19)37-3)14-25(36,26(29,30)31)15-33-20-5-4-6-21-18(20)13-34-35(21)17-8-10-23(28)32-12-17/h4-13,15,36H,14H2,1-3H3. The Bertz CT molecular complexity index is 1450. The fraction of sp³-hybridized carbons (Fsp3) is 0.269. The molecule has 4 rings (SSSR count). The fourth-order valence-electron chi connectivity index (χ4n) is 4.22. The minimum absolute atomic E-state index is 0.127. The monoisotopic (exact) mass is 518 g/mol. The van der Waals surface area contributed by atoms with Gasteiger partial charge in [-0.25, -0.2) is 14.1 Å². The zero-order chi connectivity index (χ0) is 27.0. The maximum absolute atomic E-state index is 14.2. The van der Waals surface area contributed by atoms with Crippen molar-refractivity contribution in [2.45, 2.75) is 37.5 Å². The number of benzene rings is 2. The molecule has 37 heavy (non-hydrogen) atoms. The van der Waals surface area contributed by atoms with Crippen LogP contribution in [-0.2, 0) is 5.41 Å². The highest BCUT2D eigenvalue weighted by Gasteiger charge is 2.55. The quantitative estimate of drug-likeness (QED) is 0.183. The number of methoxy groups -OCH3 is 1. The predicted octanol–water partition coefficient (Wildman–Crippen LogP) is 6.07. The molecule has 11 heteroatoms. The van der Waals surface area contributed by atoms with E-state index >= 15 is 0 Å². The molecule has 0 saturated carbocycles. The van der Waals surface area contributed by atoms with Gasteiger partial charge in [0, 0.05) is 17.2 Å². The molecule has 1 atom stereocenters. The molecule has 0 saturated heterocycles. The number of aliphatic hydroxyl groups is 1. The second-order valence-electron chi connectivity index (χ2n) is 9.19. The number of nitrogens with zero attached hydrogens (tertiary/aromatic N) is 4. The average molecular weight is 518 g/mol. The van der Waals surface area contributed by atoms with Gasteiger partial charge in [-0.15, -0.1) is 0 Å². The summed E-state index contributed by atoms with van der Waals surface area (Å²) in [5.41, 5.74) is -3.49. The maximum Gasteiger partial charge on any atom is 0.422 e. The second-order valence-corrected chi connectivity index (χ2v) is 9.19. The summed E-state index contributed by atoms with van der Waals surface area (Å²) in [7, 11) is 1.33. The van der Waals surface area contributed by atoms with E-state index in [9.17, 15) is 27.1 Å². The fourth-order valence-corrected chi connectivity index (χ4v) is 4.22. The number of pyridine rings is 1. The first kappa shape index (κ1) is 26.2. The SMILES string of the molecule is COc1ccc(F)cc1C(C)(C)CC(O)(C=Nc1cccc2c1cnn2-c1ccc(F)nc1)C(F)(F)F. The van der Waals surface area contributed by atoms with E-state index in [0.29, 0.717) is 22.8 Å². The number of hydrogen-bond donors (Lipinski definition) is 1. The van der Waals surface area contributed by atoms with Crippen LogP contribution in [0.4, 0.5) is 27.6 Å². The first-order valence-corrected chi connectivity index (χ1v) is 11.1. The molecule has 4 aromatic rings. The van der Waals surface area contributed by atoms with E-state index in [1.54, 1.807) is 12.1 Å². The molecule has 0 aliphatic rings. The van der Waals surface area contributed by atoms with Gasteiger partial charge in [0.2, 0.25) is 5.95 Å². The van der Waals surface area contributed by atoms with Gasteiger partial charge in [0.15, 0.2) is 5.60 Å². The lowest BCUT2D eigenvalue weighted by Crippen LogP contribution is -2.50. The Labute approximate surface area is 209 Å². The minimum atomic E-state index is -5.09. The Morgan fingerprint density at radius 2 is 1.81 bits per heavy atom. The van der Waals surface area contributed by atoms with Gasteiger partial charge in [0.25, 0.3) is 0 Å². The summed E-state index contributed by atoms with van der Waals surface area (Å²) in [5, 5.41) is 15.5. The molecule has 1 N–H and O–H groups in total. The van der Waals surface area contributed by atoms with Crippen LogP contribution in [0.2, 0.25) is 0 Å². The lowest BCUT2D eigenvalue weighted by Gasteiger charge is -2.36. The van der Waals surface area contributed by atoms with E-state index in [1.807, 2.05) is 0 Å². The van der Waals surface area contributed by atoms with E-state index in [1.165, 1.54) is 56.2 Å². The average Bonchev–Trinajstić information content (AvgIpc) is 3.27. The molecule has 194 valence electrons. The van der Waals surface area contributed by atoms with Crippen molar-refractivity contribution in [3.8, 4) is 11.4 Å². The van der Waals surface area contributed by atoms with Crippen molar-refractivity contribution in [1.29, 1.82) is 0 Å². The third kappa shape index (κ3) is 5.17. The van der Waals surface area contributed by atoms with Gasteiger partial charge in [-0.3, -0.25) is 4.99 Å². The van der Waals surface area contributed by atoms with E-state index < -0.39 is 35.4 Å². The molecule has 6 nitrogen and oxygen atoms in total. The molecule has 0 aliphatic carbocycles. The summed E-state index contributed by atoms with van der Waals surface area (Å²) in [4.78, 5) is 7.59. The van der Waals surface area contributed by atoms with Crippen LogP contribution in [0.5, 0.6) is 5.75 Å². The topological polar surface area (TPSA) is 72.5 Å². The second kappa shape index (κ2) is 9.55. The molecular weight excluding hydrogens is 495 g/mol. The Kier molecular flexibility index (Phi) is 6.76. The highest BCUT2D eigenvalue weighted by Crippen LogP contribution is 2.43. The van der Waals surface area contributed by atoms with Crippen molar-refractivity contribution in [1.82, 2.24) is 14.8 Å². The minimum Gasteiger partial charge on any atom is -0.496 e. The number of ether oxygens (including phenoxy) is 1. The summed E-state index contributed by atoms with van der Waals surface area (Å²) in [6, 6.07) is 10.9. The summed E-state index contributed by atoms with van der Waals surface area (Å²) < 4.78 is 76.4. The van der Waals surface area contributed by atoms with Crippen molar-refractivity contribution in [3.63, 3.8) is 0 Å². The van der Waals surface area contributed by atoms with Crippen LogP contribution < -0.4 is 4.74 Å². The third-order valence-corrected chi connectivity index (χ3v) is 6.06. The van der Waals surface area contributed by atoms with Crippen molar-refractivity contribution in [3.05, 3.63) is 78.3 Å². The lowest BCUT2D eigenvalue weighted by molar-refractivity contribution is -0.234. The molecule has 2 aromatic heterocycles. The molecule has 0 bridgehead atoms. The van der Waals surface area contributed by atoms with Gasteiger partial charge >= 0.3 is 6.18 Å². The number of hydrogen-bond acceptors (Lipinski definition) is 5. The Balaban J connectivity index is 1.73. The molecular formula is C26H23F5N4O2. The van der Waals surface area contributed by atoms with Crippen LogP contribution >= 0.6 is 0 Å². The Hall–Kier alpha value is -3.86. The highest BCUT2D eigenvalue weighted by molar-refractivity contribution is 5.92. The smallest absolute Gasteiger partial charge is 0.422 e. The number of alkyl halides is 3. The molecule has 2 heterocycles. The van der Waals surface area contributed by atoms with Crippen molar-refractivity contribution in [2.24, 2.45) is 4.99 Å². The number of rotatable bonds is 7. The Morgan fingerprint density at radius 1 is 1.05 bits per heavy atom. The van der Waals surface area contributed by atoms with E-state index in [-0.39, 0.29) is 17.0 Å². The molecule has 2 aromatic carbocycles. The normalized spacial score (nSPS) is 14.3. The summed E-state index contributed by atoms with van der Waals surface area (Å²) in [6.45, 7) is 2.91. The highest BCUT2D eigenvalue weighted by atomic mass is 19.4. The van der Waals surface area contributed by atoms with Crippen molar-refractivity contribution >= 4 is 22.8 Å². The third-order valence-electron chi connectivity index (χ3n) is 6.06. The van der Waals surface area contributed by atoms with Crippen LogP contribution in [0, 0.1) is 11.8 Å². The number of fused-ring (bicyclic) bond motifs is 1. The van der Waals surface area contributed by atoms with E-state index in [2.05, 4.69) is 15.1 Å². The molecule has 0 aliphatic heterocycles. The zero-order valence-corrected chi connectivity index (χ0v) is 20.1. The van der Waals surface area contributed by atoms with E-state index in [0.717, 1.165) is 18.2 Å². The molecule has 0 radical (unpaired) electrons.